The number of benzene rings is 2. The number of likely N-dealkylation sites (N-methyl/N-ethyl adjacent to an activating group) is 1. The molecule has 0 aliphatic heterocycles. The fourth-order valence-electron chi connectivity index (χ4n) is 6.77. The van der Waals surface area contributed by atoms with Crippen molar-refractivity contribution < 1.29 is 44.1 Å². The summed E-state index contributed by atoms with van der Waals surface area (Å²) in [6.07, 6.45) is -1.81. The predicted octanol–water partition coefficient (Wildman–Crippen LogP) is -0.293. The fourth-order valence-corrected chi connectivity index (χ4v) is 6.77. The standard InChI is InChI=1S/C29H28N2O9/c1-11(32)12-4-6-13(7-5-12)14-8-9-17(33)18-15(14)10-16-19(24(18)35)26(37)29(40)21(23(16)34)22(31(2)3)25(36)20(27(29)38)28(30)39/h4-9,16,19-23,33-34,40H,10H2,1-3H3,(H2,30,39)/t16-,19?,20?,21-,22+,23+,29+/m1/s1. The maximum Gasteiger partial charge on any atom is 0.235 e. The van der Waals surface area contributed by atoms with Gasteiger partial charge in [-0.3, -0.25) is 33.7 Å². The molecular weight excluding hydrogens is 520 g/mol. The van der Waals surface area contributed by atoms with Gasteiger partial charge in [0.2, 0.25) is 5.91 Å². The van der Waals surface area contributed by atoms with E-state index < -0.39 is 76.2 Å². The van der Waals surface area contributed by atoms with Gasteiger partial charge in [-0.2, -0.15) is 0 Å². The second-order valence-electron chi connectivity index (χ2n) is 11.0. The van der Waals surface area contributed by atoms with Gasteiger partial charge in [-0.05, 0) is 50.2 Å². The van der Waals surface area contributed by atoms with E-state index in [1.54, 1.807) is 30.3 Å². The van der Waals surface area contributed by atoms with E-state index in [0.29, 0.717) is 22.3 Å². The van der Waals surface area contributed by atoms with E-state index in [-0.39, 0.29) is 17.8 Å². The highest BCUT2D eigenvalue weighted by Gasteiger charge is 2.72. The third kappa shape index (κ3) is 3.61. The molecule has 5 N–H and O–H groups in total. The first-order valence-corrected chi connectivity index (χ1v) is 12.7. The van der Waals surface area contributed by atoms with Crippen molar-refractivity contribution in [2.24, 2.45) is 29.4 Å². The number of rotatable bonds is 4. The Morgan fingerprint density at radius 3 is 2.17 bits per heavy atom. The summed E-state index contributed by atoms with van der Waals surface area (Å²) in [6, 6.07) is 7.99. The number of phenolic OH excluding ortho intramolecular Hbond substituents is 1. The highest BCUT2D eigenvalue weighted by Crippen LogP contribution is 2.51. The molecule has 2 aromatic rings. The van der Waals surface area contributed by atoms with Gasteiger partial charge in [0, 0.05) is 11.5 Å². The van der Waals surface area contributed by atoms with Crippen molar-refractivity contribution in [2.75, 3.05) is 14.1 Å². The quantitative estimate of drug-likeness (QED) is 0.291. The summed E-state index contributed by atoms with van der Waals surface area (Å²) >= 11 is 0. The maximum atomic E-state index is 13.9. The predicted molar refractivity (Wildman–Crippen MR) is 138 cm³/mol. The molecule has 40 heavy (non-hydrogen) atoms. The monoisotopic (exact) mass is 548 g/mol. The zero-order chi connectivity index (χ0) is 29.4. The molecule has 0 heterocycles. The largest absolute Gasteiger partial charge is 0.507 e. The van der Waals surface area contributed by atoms with Crippen molar-refractivity contribution in [3.63, 3.8) is 0 Å². The fraction of sp³-hybridized carbons (Fsp3) is 0.379. The second kappa shape index (κ2) is 9.26. The lowest BCUT2D eigenvalue weighted by molar-refractivity contribution is -0.195. The van der Waals surface area contributed by atoms with Crippen molar-refractivity contribution in [2.45, 2.75) is 31.1 Å². The molecular formula is C29H28N2O9. The normalized spacial score (nSPS) is 31.4. The van der Waals surface area contributed by atoms with Crippen LogP contribution in [-0.2, 0) is 25.6 Å². The van der Waals surface area contributed by atoms with Crippen molar-refractivity contribution in [1.82, 2.24) is 4.90 Å². The smallest absolute Gasteiger partial charge is 0.235 e. The molecule has 2 saturated carbocycles. The van der Waals surface area contributed by atoms with E-state index in [1.165, 1.54) is 32.0 Å². The molecule has 3 aliphatic rings. The summed E-state index contributed by atoms with van der Waals surface area (Å²) in [5.74, 6) is -13.1. The number of amides is 1. The zero-order valence-corrected chi connectivity index (χ0v) is 22.0. The number of phenols is 1. The molecule has 2 unspecified atom stereocenters. The number of Topliss-reactive ketones (excluding diaryl/α,β-unsaturated/α-hetero) is 5. The Kier molecular flexibility index (Phi) is 6.36. The molecule has 3 aliphatic carbocycles. The number of nitrogens with zero attached hydrogens (tertiary/aromatic N) is 1. The average Bonchev–Trinajstić information content (AvgIpc) is 2.88. The Labute approximate surface area is 228 Å². The number of ketones is 5. The van der Waals surface area contributed by atoms with E-state index >= 15 is 0 Å². The zero-order valence-electron chi connectivity index (χ0n) is 22.0. The molecule has 7 atom stereocenters. The van der Waals surface area contributed by atoms with Crippen molar-refractivity contribution in [1.29, 1.82) is 0 Å². The number of carbonyl (C=O) groups excluding carboxylic acids is 6. The van der Waals surface area contributed by atoms with Crippen LogP contribution in [-0.4, -0.2) is 86.9 Å². The lowest BCUT2D eigenvalue weighted by atomic mass is 9.51. The first-order chi connectivity index (χ1) is 18.7. The molecule has 2 fully saturated rings. The van der Waals surface area contributed by atoms with Crippen LogP contribution in [0.4, 0.5) is 0 Å². The number of carbonyl (C=O) groups is 6. The van der Waals surface area contributed by atoms with Gasteiger partial charge in [-0.15, -0.1) is 0 Å². The number of hydrogen-bond acceptors (Lipinski definition) is 10. The summed E-state index contributed by atoms with van der Waals surface area (Å²) in [6.45, 7) is 1.42. The molecule has 208 valence electrons. The number of hydrogen-bond donors (Lipinski definition) is 4. The van der Waals surface area contributed by atoms with Gasteiger partial charge in [0.25, 0.3) is 0 Å². The number of primary amides is 1. The van der Waals surface area contributed by atoms with Gasteiger partial charge < -0.3 is 21.1 Å². The van der Waals surface area contributed by atoms with Gasteiger partial charge in [-0.1, -0.05) is 30.3 Å². The molecule has 0 aromatic heterocycles. The maximum absolute atomic E-state index is 13.9. The van der Waals surface area contributed by atoms with Crippen LogP contribution >= 0.6 is 0 Å². The van der Waals surface area contributed by atoms with Crippen LogP contribution in [0.15, 0.2) is 36.4 Å². The third-order valence-corrected chi connectivity index (χ3v) is 8.63. The summed E-state index contributed by atoms with van der Waals surface area (Å²) in [4.78, 5) is 79.4. The molecule has 0 bridgehead atoms. The topological polar surface area (TPSA) is 192 Å². The first kappa shape index (κ1) is 27.5. The molecule has 11 heteroatoms. The van der Waals surface area contributed by atoms with E-state index in [1.807, 2.05) is 0 Å². The van der Waals surface area contributed by atoms with Gasteiger partial charge in [0.15, 0.2) is 40.4 Å². The molecule has 1 amide bonds. The van der Waals surface area contributed by atoms with Crippen LogP contribution < -0.4 is 5.73 Å². The van der Waals surface area contributed by atoms with E-state index in [4.69, 9.17) is 5.73 Å². The van der Waals surface area contributed by atoms with Crippen LogP contribution in [0.2, 0.25) is 0 Å². The number of aliphatic hydroxyl groups is 2. The summed E-state index contributed by atoms with van der Waals surface area (Å²) in [5.41, 5.74) is 4.02. The van der Waals surface area contributed by atoms with Crippen molar-refractivity contribution >= 4 is 34.8 Å². The Morgan fingerprint density at radius 2 is 1.62 bits per heavy atom. The molecule has 5 rings (SSSR count). The van der Waals surface area contributed by atoms with Crippen LogP contribution in [0.25, 0.3) is 11.1 Å². The molecule has 2 aromatic carbocycles. The van der Waals surface area contributed by atoms with Gasteiger partial charge in [0.05, 0.1) is 29.5 Å². The Hall–Kier alpha value is -4.06. The van der Waals surface area contributed by atoms with Crippen molar-refractivity contribution in [3.8, 4) is 16.9 Å². The number of aromatic hydroxyl groups is 1. The number of fused-ring (bicyclic) bond motifs is 3. The van der Waals surface area contributed by atoms with Crippen LogP contribution in [0.5, 0.6) is 5.75 Å². The highest BCUT2D eigenvalue weighted by molar-refractivity contribution is 6.32. The van der Waals surface area contributed by atoms with Crippen LogP contribution in [0.3, 0.4) is 0 Å². The second-order valence-corrected chi connectivity index (χ2v) is 11.0. The van der Waals surface area contributed by atoms with Crippen LogP contribution in [0, 0.1) is 23.7 Å². The minimum Gasteiger partial charge on any atom is -0.507 e. The third-order valence-electron chi connectivity index (χ3n) is 8.63. The summed E-state index contributed by atoms with van der Waals surface area (Å²) < 4.78 is 0. The molecule has 11 nitrogen and oxygen atoms in total. The minimum absolute atomic E-state index is 0.106. The van der Waals surface area contributed by atoms with E-state index in [9.17, 15) is 44.1 Å². The van der Waals surface area contributed by atoms with Gasteiger partial charge in [-0.25, -0.2) is 0 Å². The lowest BCUT2D eigenvalue weighted by Crippen LogP contribution is -2.77. The first-order valence-electron chi connectivity index (χ1n) is 12.7. The Morgan fingerprint density at radius 1 is 1.00 bits per heavy atom. The molecule has 0 spiro atoms. The van der Waals surface area contributed by atoms with Crippen molar-refractivity contribution in [3.05, 3.63) is 53.1 Å². The average molecular weight is 549 g/mol. The van der Waals surface area contributed by atoms with Gasteiger partial charge >= 0.3 is 0 Å². The summed E-state index contributed by atoms with van der Waals surface area (Å²) in [5, 5.41) is 34.0. The minimum atomic E-state index is -3.04. The lowest BCUT2D eigenvalue weighted by Gasteiger charge is -2.54. The summed E-state index contributed by atoms with van der Waals surface area (Å²) in [7, 11) is 2.87. The van der Waals surface area contributed by atoms with E-state index in [2.05, 4.69) is 0 Å². The SMILES string of the molecule is CC(=O)c1ccc(-c2ccc(O)c3c2C[C@@H]2C(C3=O)C(=O)[C@]3(O)C(=O)C(C(N)=O)C(=O)[C@@H](N(C)C)[C@@H]3[C@H]2O)cc1. The van der Waals surface area contributed by atoms with E-state index in [0.717, 1.165) is 0 Å². The molecule has 0 saturated heterocycles. The molecule has 0 radical (unpaired) electrons. The Balaban J connectivity index is 1.68. The number of aliphatic hydroxyl groups excluding tert-OH is 1. The number of nitrogens with two attached hydrogens (primary N) is 1. The highest BCUT2D eigenvalue weighted by atomic mass is 16.3. The van der Waals surface area contributed by atoms with Crippen LogP contribution in [0.1, 0.15) is 33.2 Å². The Bertz CT molecular complexity index is 1510. The van der Waals surface area contributed by atoms with Gasteiger partial charge in [0.1, 0.15) is 5.75 Å².